The summed E-state index contributed by atoms with van der Waals surface area (Å²) in [5, 5.41) is 10.4. The molecule has 0 aliphatic heterocycles. The summed E-state index contributed by atoms with van der Waals surface area (Å²) >= 11 is 12.6. The van der Waals surface area contributed by atoms with E-state index >= 15 is 0 Å². The molecule has 2 heterocycles. The molecule has 0 aliphatic rings. The van der Waals surface area contributed by atoms with Crippen molar-refractivity contribution in [1.29, 1.82) is 0 Å². The van der Waals surface area contributed by atoms with Gasteiger partial charge in [0.2, 0.25) is 5.89 Å². The van der Waals surface area contributed by atoms with Crippen LogP contribution in [0.4, 0.5) is 0 Å². The van der Waals surface area contributed by atoms with Crippen LogP contribution in [0.1, 0.15) is 31.3 Å². The normalized spacial score (nSPS) is 11.3. The highest BCUT2D eigenvalue weighted by molar-refractivity contribution is 6.36. The maximum atomic E-state index is 11.9. The van der Waals surface area contributed by atoms with Crippen molar-refractivity contribution in [2.75, 3.05) is 0 Å². The molecule has 0 atom stereocenters. The molecular weight excluding hydrogens is 385 g/mol. The zero-order chi connectivity index (χ0) is 19.0. The largest absolute Gasteiger partial charge is 0.437 e. The van der Waals surface area contributed by atoms with Gasteiger partial charge in [-0.1, -0.05) is 23.2 Å². The van der Waals surface area contributed by atoms with Crippen LogP contribution in [0.15, 0.2) is 30.9 Å². The predicted molar refractivity (Wildman–Crippen MR) is 94.9 cm³/mol. The maximum Gasteiger partial charge on any atom is 0.437 e. The number of nitrogens with zero attached hydrogens (tertiary/aromatic N) is 3. The highest BCUT2D eigenvalue weighted by Gasteiger charge is 2.17. The molecule has 0 bridgehead atoms. The minimum atomic E-state index is -0.719. The van der Waals surface area contributed by atoms with E-state index in [1.54, 1.807) is 13.8 Å². The molecule has 136 valence electrons. The zero-order valence-corrected chi connectivity index (χ0v) is 15.2. The minimum Gasteiger partial charge on any atom is -0.392 e. The third-order valence-corrected chi connectivity index (χ3v) is 4.23. The van der Waals surface area contributed by atoms with Crippen molar-refractivity contribution >= 4 is 23.2 Å². The molecule has 3 aromatic rings. The fraction of sp³-hybridized carbons (Fsp3) is 0.267. The molecule has 0 saturated heterocycles. The first-order valence-electron chi connectivity index (χ1n) is 7.52. The lowest BCUT2D eigenvalue weighted by molar-refractivity contribution is 0.434. The molecule has 2 aromatic heterocycles. The Labute approximate surface area is 155 Å². The topological polar surface area (TPSA) is 127 Å². The highest BCUT2D eigenvalue weighted by Crippen LogP contribution is 2.31. The van der Waals surface area contributed by atoms with E-state index in [9.17, 15) is 14.4 Å². The van der Waals surface area contributed by atoms with Crippen molar-refractivity contribution in [2.45, 2.75) is 26.3 Å². The Morgan fingerprint density at radius 1 is 1.19 bits per heavy atom. The van der Waals surface area contributed by atoms with Gasteiger partial charge in [0, 0.05) is 15.6 Å². The van der Waals surface area contributed by atoms with Gasteiger partial charge in [-0.05, 0) is 31.5 Å². The van der Waals surface area contributed by atoms with Crippen LogP contribution in [0, 0.1) is 0 Å². The Kier molecular flexibility index (Phi) is 4.84. The molecule has 0 amide bonds. The van der Waals surface area contributed by atoms with Crippen molar-refractivity contribution in [3.8, 4) is 11.3 Å². The molecule has 0 radical (unpaired) electrons. The van der Waals surface area contributed by atoms with Crippen LogP contribution < -0.4 is 17.0 Å². The van der Waals surface area contributed by atoms with Gasteiger partial charge in [0.05, 0.1) is 12.5 Å². The summed E-state index contributed by atoms with van der Waals surface area (Å²) < 4.78 is 6.33. The number of rotatable bonds is 4. The fourth-order valence-electron chi connectivity index (χ4n) is 2.33. The van der Waals surface area contributed by atoms with E-state index in [0.717, 1.165) is 0 Å². The molecule has 3 rings (SSSR count). The van der Waals surface area contributed by atoms with E-state index < -0.39 is 17.0 Å². The molecular formula is C15H13Cl2N5O4. The number of H-pyrrole nitrogens is 2. The van der Waals surface area contributed by atoms with Gasteiger partial charge in [0.25, 0.3) is 5.56 Å². The first-order chi connectivity index (χ1) is 12.3. The molecule has 0 saturated carbocycles. The van der Waals surface area contributed by atoms with Gasteiger partial charge < -0.3 is 4.42 Å². The average molecular weight is 398 g/mol. The Morgan fingerprint density at radius 2 is 1.85 bits per heavy atom. The second kappa shape index (κ2) is 6.93. The van der Waals surface area contributed by atoms with E-state index in [-0.39, 0.29) is 34.1 Å². The van der Waals surface area contributed by atoms with Crippen molar-refractivity contribution < 1.29 is 4.42 Å². The first-order valence-corrected chi connectivity index (χ1v) is 8.27. The van der Waals surface area contributed by atoms with Gasteiger partial charge in [0.15, 0.2) is 5.69 Å². The van der Waals surface area contributed by atoms with Crippen molar-refractivity contribution in [3.63, 3.8) is 0 Å². The summed E-state index contributed by atoms with van der Waals surface area (Å²) in [4.78, 5) is 36.7. The van der Waals surface area contributed by atoms with Crippen LogP contribution in [-0.4, -0.2) is 25.0 Å². The summed E-state index contributed by atoms with van der Waals surface area (Å²) in [6.07, 6.45) is 0.0995. The van der Waals surface area contributed by atoms with Gasteiger partial charge in [0.1, 0.15) is 0 Å². The van der Waals surface area contributed by atoms with E-state index in [2.05, 4.69) is 20.3 Å². The molecule has 0 fully saturated rings. The maximum absolute atomic E-state index is 11.9. The van der Waals surface area contributed by atoms with Crippen LogP contribution in [0.25, 0.3) is 11.3 Å². The molecule has 1 aromatic carbocycles. The summed E-state index contributed by atoms with van der Waals surface area (Å²) in [6, 6.07) is 2.82. The van der Waals surface area contributed by atoms with Crippen LogP contribution in [0.5, 0.6) is 0 Å². The van der Waals surface area contributed by atoms with Gasteiger partial charge in [-0.3, -0.25) is 9.78 Å². The summed E-state index contributed by atoms with van der Waals surface area (Å²) in [5.74, 6) is -0.400. The molecule has 2 N–H and O–H groups in total. The number of nitrogens with one attached hydrogen (secondary N) is 2. The smallest absolute Gasteiger partial charge is 0.392 e. The van der Waals surface area contributed by atoms with Crippen molar-refractivity contribution in [1.82, 2.24) is 25.0 Å². The van der Waals surface area contributed by atoms with Gasteiger partial charge >= 0.3 is 11.4 Å². The standard InChI is InChI=1S/C15H13Cl2N5O4/c1-6(2)22-15(25)26-11(21-22)5-8-9(16)3-7(4-10(8)17)12-13(23)18-14(24)20-19-12/h3-4,6H,5H2,1-2H3,(H2,18,20,23,24). The third-order valence-electron chi connectivity index (χ3n) is 3.55. The van der Waals surface area contributed by atoms with E-state index in [1.807, 2.05) is 0 Å². The fourth-order valence-corrected chi connectivity index (χ4v) is 2.95. The van der Waals surface area contributed by atoms with Crippen LogP contribution in [0.3, 0.4) is 0 Å². The monoisotopic (exact) mass is 397 g/mol. The second-order valence-electron chi connectivity index (χ2n) is 5.75. The third kappa shape index (κ3) is 3.49. The quantitative estimate of drug-likeness (QED) is 0.690. The molecule has 0 unspecified atom stereocenters. The number of hydrogen-bond donors (Lipinski definition) is 2. The first kappa shape index (κ1) is 18.2. The lowest BCUT2D eigenvalue weighted by atomic mass is 10.1. The Hall–Kier alpha value is -2.65. The second-order valence-corrected chi connectivity index (χ2v) is 6.57. The Balaban J connectivity index is 2.00. The van der Waals surface area contributed by atoms with Crippen LogP contribution in [-0.2, 0) is 6.42 Å². The van der Waals surface area contributed by atoms with E-state index in [4.69, 9.17) is 27.6 Å². The average Bonchev–Trinajstić information content (AvgIpc) is 2.91. The molecule has 11 heteroatoms. The lowest BCUT2D eigenvalue weighted by Gasteiger charge is -2.08. The van der Waals surface area contributed by atoms with Crippen LogP contribution >= 0.6 is 23.2 Å². The SMILES string of the molecule is CC(C)n1nc(Cc2c(Cl)cc(-c3n[nH]c(=O)[nH]c3=O)cc2Cl)oc1=O. The molecule has 0 aliphatic carbocycles. The highest BCUT2D eigenvalue weighted by atomic mass is 35.5. The predicted octanol–water partition coefficient (Wildman–Crippen LogP) is 1.75. The lowest BCUT2D eigenvalue weighted by Crippen LogP contribution is -2.25. The Morgan fingerprint density at radius 3 is 2.38 bits per heavy atom. The van der Waals surface area contributed by atoms with Gasteiger partial charge in [-0.2, -0.15) is 9.78 Å². The summed E-state index contributed by atoms with van der Waals surface area (Å²) in [7, 11) is 0. The van der Waals surface area contributed by atoms with Crippen LogP contribution in [0.2, 0.25) is 10.0 Å². The number of aromatic nitrogens is 5. The molecule has 9 nitrogen and oxygen atoms in total. The Bertz CT molecular complexity index is 1120. The van der Waals surface area contributed by atoms with Crippen molar-refractivity contribution in [2.24, 2.45) is 0 Å². The number of halogens is 2. The van der Waals surface area contributed by atoms with Crippen molar-refractivity contribution in [3.05, 3.63) is 65.0 Å². The number of hydrogen-bond acceptors (Lipinski definition) is 6. The summed E-state index contributed by atoms with van der Waals surface area (Å²) in [6.45, 7) is 3.61. The van der Waals surface area contributed by atoms with E-state index in [1.165, 1.54) is 16.8 Å². The molecule has 0 spiro atoms. The molecule has 26 heavy (non-hydrogen) atoms. The van der Waals surface area contributed by atoms with Gasteiger partial charge in [-0.15, -0.1) is 5.10 Å². The number of benzene rings is 1. The summed E-state index contributed by atoms with van der Waals surface area (Å²) in [5.41, 5.74) is -0.611. The van der Waals surface area contributed by atoms with Gasteiger partial charge in [-0.25, -0.2) is 14.7 Å². The zero-order valence-electron chi connectivity index (χ0n) is 13.7. The minimum absolute atomic E-state index is 0.0319. The van der Waals surface area contributed by atoms with E-state index in [0.29, 0.717) is 11.1 Å². The number of aromatic amines is 2.